The van der Waals surface area contributed by atoms with Crippen LogP contribution in [0.4, 0.5) is 5.95 Å². The predicted octanol–water partition coefficient (Wildman–Crippen LogP) is 3.03. The summed E-state index contributed by atoms with van der Waals surface area (Å²) in [5.74, 6) is 1.33. The van der Waals surface area contributed by atoms with Gasteiger partial charge in [0.2, 0.25) is 5.95 Å². The van der Waals surface area contributed by atoms with Gasteiger partial charge in [-0.1, -0.05) is 20.8 Å². The number of anilines is 1. The molecular weight excluding hydrogens is 271 g/mol. The lowest BCUT2D eigenvalue weighted by Crippen LogP contribution is -2.42. The summed E-state index contributed by atoms with van der Waals surface area (Å²) in [6.07, 6.45) is 2.49. The van der Waals surface area contributed by atoms with Gasteiger partial charge in [0.1, 0.15) is 0 Å². The van der Waals surface area contributed by atoms with Crippen molar-refractivity contribution in [2.24, 2.45) is 0 Å². The topological polar surface area (TPSA) is 50.7 Å². The minimum Gasteiger partial charge on any atom is -0.345 e. The zero-order valence-corrected chi connectivity index (χ0v) is 12.6. The highest BCUT2D eigenvalue weighted by Crippen LogP contribution is 2.20. The zero-order valence-electron chi connectivity index (χ0n) is 11.1. The van der Waals surface area contributed by atoms with Gasteiger partial charge >= 0.3 is 0 Å². The van der Waals surface area contributed by atoms with Crippen molar-refractivity contribution >= 4 is 29.2 Å². The molecule has 0 spiro atoms. The molecule has 0 aliphatic rings. The average Bonchev–Trinajstić information content (AvgIpc) is 2.44. The average molecular weight is 291 g/mol. The van der Waals surface area contributed by atoms with Crippen molar-refractivity contribution in [3.05, 3.63) is 11.4 Å². The third-order valence-corrected chi connectivity index (χ3v) is 4.10. The Bertz CT molecular complexity index is 372. The van der Waals surface area contributed by atoms with E-state index in [1.807, 2.05) is 13.8 Å². The number of nitrogens with one attached hydrogen (secondary N) is 1. The van der Waals surface area contributed by atoms with Crippen molar-refractivity contribution in [3.8, 4) is 0 Å². The molecule has 0 amide bonds. The van der Waals surface area contributed by atoms with Crippen LogP contribution < -0.4 is 5.32 Å². The fourth-order valence-corrected chi connectivity index (χ4v) is 2.41. The number of alkyl halides is 2. The van der Waals surface area contributed by atoms with Gasteiger partial charge in [-0.3, -0.25) is 0 Å². The van der Waals surface area contributed by atoms with Crippen LogP contribution in [-0.2, 0) is 12.8 Å². The molecule has 0 aliphatic carbocycles. The molecule has 0 radical (unpaired) electrons. The second-order valence-electron chi connectivity index (χ2n) is 4.26. The molecule has 6 heteroatoms. The van der Waals surface area contributed by atoms with Gasteiger partial charge in [0.05, 0.1) is 16.9 Å². The summed E-state index contributed by atoms with van der Waals surface area (Å²) in [5, 5.41) is 11.5. The first-order valence-electron chi connectivity index (χ1n) is 6.27. The Kier molecular flexibility index (Phi) is 6.09. The lowest BCUT2D eigenvalue weighted by Gasteiger charge is -2.29. The van der Waals surface area contributed by atoms with Gasteiger partial charge < -0.3 is 5.32 Å². The van der Waals surface area contributed by atoms with E-state index in [-0.39, 0.29) is 5.54 Å². The van der Waals surface area contributed by atoms with Crippen LogP contribution in [0.1, 0.15) is 38.6 Å². The lowest BCUT2D eigenvalue weighted by atomic mass is 10.0. The van der Waals surface area contributed by atoms with E-state index in [2.05, 4.69) is 27.4 Å². The van der Waals surface area contributed by atoms with E-state index >= 15 is 0 Å². The molecule has 0 bridgehead atoms. The summed E-state index contributed by atoms with van der Waals surface area (Å²) >= 11 is 12.0. The van der Waals surface area contributed by atoms with Crippen molar-refractivity contribution in [1.82, 2.24) is 15.2 Å². The second-order valence-corrected chi connectivity index (χ2v) is 4.80. The maximum absolute atomic E-state index is 5.98. The SMILES string of the molecule is CCc1nnc(NC(CC)(CCl)CCl)nc1CC. The Morgan fingerprint density at radius 2 is 1.61 bits per heavy atom. The molecular formula is C12H20Cl2N4. The molecule has 1 aromatic rings. The lowest BCUT2D eigenvalue weighted by molar-refractivity contribution is 0.551. The van der Waals surface area contributed by atoms with Crippen LogP contribution in [0.5, 0.6) is 0 Å². The van der Waals surface area contributed by atoms with Crippen molar-refractivity contribution in [2.75, 3.05) is 17.1 Å². The molecule has 1 aromatic heterocycles. The van der Waals surface area contributed by atoms with Crippen LogP contribution >= 0.6 is 23.2 Å². The number of nitrogens with zero attached hydrogens (tertiary/aromatic N) is 3. The van der Waals surface area contributed by atoms with E-state index < -0.39 is 0 Å². The number of halogens is 2. The quantitative estimate of drug-likeness (QED) is 0.784. The standard InChI is InChI=1S/C12H20Cl2N4/c1-4-9-10(5-2)17-18-11(15-9)16-12(6-3,7-13)8-14/h4-8H2,1-3H3,(H,15,16,18). The van der Waals surface area contributed by atoms with Crippen LogP contribution in [0.3, 0.4) is 0 Å². The molecule has 1 rings (SSSR count). The van der Waals surface area contributed by atoms with E-state index in [1.54, 1.807) is 0 Å². The molecule has 0 aliphatic heterocycles. The van der Waals surface area contributed by atoms with Crippen molar-refractivity contribution in [1.29, 1.82) is 0 Å². The molecule has 0 fully saturated rings. The second kappa shape index (κ2) is 7.10. The minimum atomic E-state index is -0.371. The van der Waals surface area contributed by atoms with Gasteiger partial charge in [-0.25, -0.2) is 4.98 Å². The molecule has 18 heavy (non-hydrogen) atoms. The first kappa shape index (κ1) is 15.4. The van der Waals surface area contributed by atoms with E-state index in [9.17, 15) is 0 Å². The summed E-state index contributed by atoms with van der Waals surface area (Å²) in [7, 11) is 0. The van der Waals surface area contributed by atoms with Gasteiger partial charge in [0.25, 0.3) is 0 Å². The summed E-state index contributed by atoms with van der Waals surface area (Å²) in [6.45, 7) is 6.14. The Labute approximate surface area is 118 Å². The first-order valence-corrected chi connectivity index (χ1v) is 7.34. The number of aryl methyl sites for hydroxylation is 2. The molecule has 1 N–H and O–H groups in total. The van der Waals surface area contributed by atoms with Crippen LogP contribution in [0, 0.1) is 0 Å². The van der Waals surface area contributed by atoms with Crippen molar-refractivity contribution in [2.45, 2.75) is 45.6 Å². The van der Waals surface area contributed by atoms with Crippen LogP contribution in [0.25, 0.3) is 0 Å². The van der Waals surface area contributed by atoms with Gasteiger partial charge in [0, 0.05) is 11.8 Å². The smallest absolute Gasteiger partial charge is 0.243 e. The maximum Gasteiger partial charge on any atom is 0.243 e. The van der Waals surface area contributed by atoms with Crippen LogP contribution in [0.15, 0.2) is 0 Å². The first-order chi connectivity index (χ1) is 8.64. The molecule has 0 unspecified atom stereocenters. The van der Waals surface area contributed by atoms with Gasteiger partial charge in [-0.2, -0.15) is 5.10 Å². The summed E-state index contributed by atoms with van der Waals surface area (Å²) in [4.78, 5) is 4.49. The van der Waals surface area contributed by atoms with Crippen LogP contribution in [-0.4, -0.2) is 32.5 Å². The summed E-state index contributed by atoms with van der Waals surface area (Å²) < 4.78 is 0. The van der Waals surface area contributed by atoms with Crippen molar-refractivity contribution < 1.29 is 0 Å². The Morgan fingerprint density at radius 3 is 2.06 bits per heavy atom. The molecule has 4 nitrogen and oxygen atoms in total. The Hall–Kier alpha value is -0.610. The predicted molar refractivity (Wildman–Crippen MR) is 76.7 cm³/mol. The van der Waals surface area contributed by atoms with Gasteiger partial charge in [0.15, 0.2) is 0 Å². The molecule has 0 aromatic carbocycles. The highest BCUT2D eigenvalue weighted by atomic mass is 35.5. The fraction of sp³-hybridized carbons (Fsp3) is 0.750. The van der Waals surface area contributed by atoms with Gasteiger partial charge in [-0.15, -0.1) is 28.3 Å². The van der Waals surface area contributed by atoms with Gasteiger partial charge in [-0.05, 0) is 19.3 Å². The summed E-state index contributed by atoms with van der Waals surface area (Å²) in [5.41, 5.74) is 1.55. The third-order valence-electron chi connectivity index (χ3n) is 3.07. The Balaban J connectivity index is 2.97. The Morgan fingerprint density at radius 1 is 1.00 bits per heavy atom. The number of aromatic nitrogens is 3. The highest BCUT2D eigenvalue weighted by Gasteiger charge is 2.27. The highest BCUT2D eigenvalue weighted by molar-refractivity contribution is 6.22. The maximum atomic E-state index is 5.98. The third kappa shape index (κ3) is 3.45. The monoisotopic (exact) mass is 290 g/mol. The molecule has 102 valence electrons. The van der Waals surface area contributed by atoms with Crippen molar-refractivity contribution in [3.63, 3.8) is 0 Å². The largest absolute Gasteiger partial charge is 0.345 e. The molecule has 1 heterocycles. The minimum absolute atomic E-state index is 0.371. The zero-order chi connectivity index (χ0) is 13.6. The molecule has 0 saturated carbocycles. The van der Waals surface area contributed by atoms with E-state index in [0.29, 0.717) is 17.7 Å². The van der Waals surface area contributed by atoms with Crippen LogP contribution in [0.2, 0.25) is 0 Å². The van der Waals surface area contributed by atoms with E-state index in [1.165, 1.54) is 0 Å². The number of hydrogen-bond acceptors (Lipinski definition) is 4. The van der Waals surface area contributed by atoms with E-state index in [0.717, 1.165) is 30.7 Å². The number of hydrogen-bond donors (Lipinski definition) is 1. The molecule has 0 saturated heterocycles. The normalized spacial score (nSPS) is 11.6. The molecule has 0 atom stereocenters. The summed E-state index contributed by atoms with van der Waals surface area (Å²) in [6, 6.07) is 0. The van der Waals surface area contributed by atoms with E-state index in [4.69, 9.17) is 23.2 Å². The number of rotatable bonds is 7. The fourth-order valence-electron chi connectivity index (χ4n) is 1.61.